The van der Waals surface area contributed by atoms with Crippen molar-refractivity contribution in [2.75, 3.05) is 0 Å². The van der Waals surface area contributed by atoms with Crippen LogP contribution in [0.1, 0.15) is 5.56 Å². The van der Waals surface area contributed by atoms with E-state index in [-0.39, 0.29) is 22.9 Å². The fraction of sp³-hybridized carbons (Fsp3) is 0.0833. The molecule has 16 heavy (non-hydrogen) atoms. The Bertz CT molecular complexity index is 504. The third-order valence-corrected chi connectivity index (χ3v) is 2.26. The summed E-state index contributed by atoms with van der Waals surface area (Å²) in [4.78, 5) is 3.97. The average Bonchev–Trinajstić information content (AvgIpc) is 2.26. The number of benzene rings is 2. The third-order valence-electron chi connectivity index (χ3n) is 2.26. The van der Waals surface area contributed by atoms with Crippen molar-refractivity contribution in [2.24, 2.45) is 16.5 Å². The minimum Gasteiger partial charge on any atom is -0.370 e. The second-order valence-corrected chi connectivity index (χ2v) is 3.42. The van der Waals surface area contributed by atoms with E-state index in [4.69, 9.17) is 11.5 Å². The van der Waals surface area contributed by atoms with Gasteiger partial charge in [0.1, 0.15) is 0 Å². The van der Waals surface area contributed by atoms with Gasteiger partial charge in [0.15, 0.2) is 5.96 Å². The Balaban J connectivity index is 0.00000128. The summed E-state index contributed by atoms with van der Waals surface area (Å²) in [6.07, 6.45) is 0. The lowest BCUT2D eigenvalue weighted by molar-refractivity contribution is 1.06. The van der Waals surface area contributed by atoms with Crippen LogP contribution < -0.4 is 11.5 Å². The van der Waals surface area contributed by atoms with Crippen molar-refractivity contribution in [3.05, 3.63) is 48.0 Å². The van der Waals surface area contributed by atoms with Gasteiger partial charge in [-0.25, -0.2) is 4.99 Å². The van der Waals surface area contributed by atoms with Crippen LogP contribution in [0.25, 0.3) is 10.8 Å². The highest BCUT2D eigenvalue weighted by atomic mass is 79.9. The number of fused-ring (bicyclic) bond motifs is 1. The zero-order valence-corrected chi connectivity index (χ0v) is 10.5. The van der Waals surface area contributed by atoms with Gasteiger partial charge in [-0.1, -0.05) is 36.4 Å². The van der Waals surface area contributed by atoms with Crippen LogP contribution in [-0.2, 0) is 6.54 Å². The van der Waals surface area contributed by atoms with E-state index in [9.17, 15) is 0 Å². The molecule has 0 saturated carbocycles. The number of hydrogen-bond acceptors (Lipinski definition) is 1. The molecule has 84 valence electrons. The van der Waals surface area contributed by atoms with Gasteiger partial charge >= 0.3 is 0 Å². The second kappa shape index (κ2) is 5.51. The molecule has 0 atom stereocenters. The van der Waals surface area contributed by atoms with Crippen molar-refractivity contribution in [3.8, 4) is 0 Å². The van der Waals surface area contributed by atoms with Crippen molar-refractivity contribution in [2.45, 2.75) is 6.54 Å². The summed E-state index contributed by atoms with van der Waals surface area (Å²) < 4.78 is 0. The highest BCUT2D eigenvalue weighted by Crippen LogP contribution is 2.15. The lowest BCUT2D eigenvalue weighted by Gasteiger charge is -2.00. The third kappa shape index (κ3) is 2.97. The van der Waals surface area contributed by atoms with Gasteiger partial charge in [-0.2, -0.15) is 0 Å². The molecule has 0 bridgehead atoms. The number of rotatable bonds is 2. The van der Waals surface area contributed by atoms with E-state index < -0.39 is 0 Å². The Kier molecular flexibility index (Phi) is 4.31. The Morgan fingerprint density at radius 3 is 2.38 bits per heavy atom. The molecule has 4 N–H and O–H groups in total. The normalized spacial score (nSPS) is 9.50. The van der Waals surface area contributed by atoms with Crippen LogP contribution >= 0.6 is 17.0 Å². The lowest BCUT2D eigenvalue weighted by Crippen LogP contribution is -2.22. The highest BCUT2D eigenvalue weighted by molar-refractivity contribution is 8.93. The van der Waals surface area contributed by atoms with Crippen molar-refractivity contribution < 1.29 is 0 Å². The van der Waals surface area contributed by atoms with Crippen LogP contribution in [0.3, 0.4) is 0 Å². The summed E-state index contributed by atoms with van der Waals surface area (Å²) in [6.45, 7) is 0.535. The molecule has 0 aliphatic rings. The maximum atomic E-state index is 5.28. The fourth-order valence-corrected chi connectivity index (χ4v) is 1.52. The molecule has 0 spiro atoms. The minimum atomic E-state index is 0. The SMILES string of the molecule is Br.NC(N)=NCc1ccc2ccccc2c1. The first-order valence-electron chi connectivity index (χ1n) is 4.79. The first kappa shape index (κ1) is 12.5. The molecule has 2 rings (SSSR count). The zero-order chi connectivity index (χ0) is 10.7. The van der Waals surface area contributed by atoms with Gasteiger partial charge in [0, 0.05) is 0 Å². The Hall–Kier alpha value is -1.55. The van der Waals surface area contributed by atoms with Crippen LogP contribution in [0, 0.1) is 0 Å². The number of hydrogen-bond donors (Lipinski definition) is 2. The van der Waals surface area contributed by atoms with Crippen molar-refractivity contribution >= 4 is 33.7 Å². The van der Waals surface area contributed by atoms with Crippen LogP contribution in [0.5, 0.6) is 0 Å². The van der Waals surface area contributed by atoms with E-state index in [0.717, 1.165) is 5.56 Å². The summed E-state index contributed by atoms with van der Waals surface area (Å²) in [5.74, 6) is 0.128. The first-order valence-corrected chi connectivity index (χ1v) is 4.79. The van der Waals surface area contributed by atoms with Gasteiger partial charge in [0.2, 0.25) is 0 Å². The smallest absolute Gasteiger partial charge is 0.186 e. The molecule has 2 aromatic rings. The van der Waals surface area contributed by atoms with E-state index in [1.54, 1.807) is 0 Å². The predicted molar refractivity (Wildman–Crippen MR) is 73.8 cm³/mol. The summed E-state index contributed by atoms with van der Waals surface area (Å²) in [5.41, 5.74) is 11.7. The van der Waals surface area contributed by atoms with Gasteiger partial charge in [-0.15, -0.1) is 17.0 Å². The maximum Gasteiger partial charge on any atom is 0.186 e. The molecule has 0 aliphatic heterocycles. The molecular weight excluding hydrogens is 266 g/mol. The molecule has 0 aliphatic carbocycles. The summed E-state index contributed by atoms with van der Waals surface area (Å²) in [7, 11) is 0. The van der Waals surface area contributed by atoms with Crippen LogP contribution in [-0.4, -0.2) is 5.96 Å². The number of nitrogens with two attached hydrogens (primary N) is 2. The second-order valence-electron chi connectivity index (χ2n) is 3.42. The van der Waals surface area contributed by atoms with Gasteiger partial charge < -0.3 is 11.5 Å². The standard InChI is InChI=1S/C12H13N3.BrH/c13-12(14)15-8-9-5-6-10-3-1-2-4-11(10)7-9;/h1-7H,8H2,(H4,13,14,15);1H. The molecule has 3 nitrogen and oxygen atoms in total. The predicted octanol–water partition coefficient (Wildman–Crippen LogP) is 2.19. The van der Waals surface area contributed by atoms with Crippen LogP contribution in [0.15, 0.2) is 47.5 Å². The molecule has 0 heterocycles. The van der Waals surface area contributed by atoms with E-state index >= 15 is 0 Å². The Morgan fingerprint density at radius 1 is 1.00 bits per heavy atom. The van der Waals surface area contributed by atoms with Crippen molar-refractivity contribution in [1.29, 1.82) is 0 Å². The molecule has 0 fully saturated rings. The maximum absolute atomic E-state index is 5.28. The summed E-state index contributed by atoms with van der Waals surface area (Å²) >= 11 is 0. The van der Waals surface area contributed by atoms with Gasteiger partial charge in [-0.3, -0.25) is 0 Å². The molecular formula is C12H14BrN3. The molecule has 0 radical (unpaired) electrons. The van der Waals surface area contributed by atoms with E-state index in [2.05, 4.69) is 29.3 Å². The van der Waals surface area contributed by atoms with E-state index in [0.29, 0.717) is 6.54 Å². The van der Waals surface area contributed by atoms with Gasteiger partial charge in [0.25, 0.3) is 0 Å². The monoisotopic (exact) mass is 279 g/mol. The molecule has 2 aromatic carbocycles. The molecule has 0 aromatic heterocycles. The number of guanidine groups is 1. The lowest BCUT2D eigenvalue weighted by atomic mass is 10.1. The number of nitrogens with zero attached hydrogens (tertiary/aromatic N) is 1. The van der Waals surface area contributed by atoms with Crippen molar-refractivity contribution in [1.82, 2.24) is 0 Å². The van der Waals surface area contributed by atoms with Crippen molar-refractivity contribution in [3.63, 3.8) is 0 Å². The van der Waals surface area contributed by atoms with E-state index in [1.807, 2.05) is 18.2 Å². The van der Waals surface area contributed by atoms with Crippen LogP contribution in [0.4, 0.5) is 0 Å². The largest absolute Gasteiger partial charge is 0.370 e. The highest BCUT2D eigenvalue weighted by Gasteiger charge is 1.94. The van der Waals surface area contributed by atoms with E-state index in [1.165, 1.54) is 10.8 Å². The molecule has 4 heteroatoms. The summed E-state index contributed by atoms with van der Waals surface area (Å²) in [6, 6.07) is 14.4. The number of aliphatic imine (C=N–C) groups is 1. The fourth-order valence-electron chi connectivity index (χ4n) is 1.52. The topological polar surface area (TPSA) is 64.4 Å². The van der Waals surface area contributed by atoms with Gasteiger partial charge in [0.05, 0.1) is 6.54 Å². The molecule has 0 amide bonds. The first-order chi connectivity index (χ1) is 7.25. The Morgan fingerprint density at radius 2 is 1.69 bits per heavy atom. The van der Waals surface area contributed by atoms with Gasteiger partial charge in [-0.05, 0) is 22.4 Å². The molecule has 0 saturated heterocycles. The number of halogens is 1. The quantitative estimate of drug-likeness (QED) is 0.654. The molecule has 0 unspecified atom stereocenters. The summed E-state index contributed by atoms with van der Waals surface area (Å²) in [5, 5.41) is 2.44. The zero-order valence-electron chi connectivity index (χ0n) is 8.76. The van der Waals surface area contributed by atoms with Crippen LogP contribution in [0.2, 0.25) is 0 Å². The Labute approximate surface area is 105 Å². The minimum absolute atomic E-state index is 0. The average molecular weight is 280 g/mol.